The molecule has 0 bridgehead atoms. The lowest BCUT2D eigenvalue weighted by Crippen LogP contribution is -2.26. The van der Waals surface area contributed by atoms with Crippen LogP contribution in [-0.4, -0.2) is 39.0 Å². The number of nitrogens with one attached hydrogen (secondary N) is 2. The highest BCUT2D eigenvalue weighted by Gasteiger charge is 2.14. The fourth-order valence-corrected chi connectivity index (χ4v) is 2.98. The van der Waals surface area contributed by atoms with Crippen LogP contribution in [0, 0.1) is 0 Å². The minimum Gasteiger partial charge on any atom is -0.494 e. The van der Waals surface area contributed by atoms with Gasteiger partial charge in [-0.15, -0.1) is 0 Å². The summed E-state index contributed by atoms with van der Waals surface area (Å²) in [5.74, 6) is 0.528. The Kier molecular flexibility index (Phi) is 6.02. The number of rotatable bonds is 7. The number of carbonyl (C=O) groups excluding carboxylic acids is 1. The highest BCUT2D eigenvalue weighted by atomic mass is 32.2. The maximum Gasteiger partial charge on any atom is 0.221 e. The summed E-state index contributed by atoms with van der Waals surface area (Å²) < 4.78 is 28.4. The summed E-state index contributed by atoms with van der Waals surface area (Å²) in [5.41, 5.74) is 1.31. The number of hydrogen-bond donors (Lipinski definition) is 2. The molecule has 0 fully saturated rings. The second-order valence-corrected chi connectivity index (χ2v) is 7.24. The second-order valence-electron chi connectivity index (χ2n) is 4.84. The Morgan fingerprint density at radius 3 is 2.57 bits per heavy atom. The van der Waals surface area contributed by atoms with Crippen molar-refractivity contribution in [3.8, 4) is 5.75 Å². The largest absolute Gasteiger partial charge is 0.494 e. The van der Waals surface area contributed by atoms with Gasteiger partial charge in [0, 0.05) is 30.5 Å². The molecule has 1 aromatic carbocycles. The van der Waals surface area contributed by atoms with Crippen LogP contribution in [0.3, 0.4) is 0 Å². The molecule has 0 saturated heterocycles. The molecule has 1 unspecified atom stereocenters. The van der Waals surface area contributed by atoms with Crippen LogP contribution in [0.2, 0.25) is 0 Å². The first-order valence-corrected chi connectivity index (χ1v) is 8.52. The van der Waals surface area contributed by atoms with E-state index in [0.717, 1.165) is 5.69 Å². The average Bonchev–Trinajstić information content (AvgIpc) is 2.39. The van der Waals surface area contributed by atoms with E-state index >= 15 is 0 Å². The molecular formula is C14H22N2O4S. The summed E-state index contributed by atoms with van der Waals surface area (Å²) >= 11 is 0. The van der Waals surface area contributed by atoms with Crippen LogP contribution < -0.4 is 15.4 Å². The van der Waals surface area contributed by atoms with Crippen molar-refractivity contribution >= 4 is 27.1 Å². The number of anilines is 2. The number of ether oxygens (including phenoxy) is 1. The molecule has 1 atom stereocenters. The molecule has 1 rings (SSSR count). The van der Waals surface area contributed by atoms with Crippen LogP contribution in [0.15, 0.2) is 18.2 Å². The van der Waals surface area contributed by atoms with Crippen molar-refractivity contribution in [3.05, 3.63) is 18.2 Å². The Hall–Kier alpha value is -1.76. The van der Waals surface area contributed by atoms with Crippen molar-refractivity contribution in [3.63, 3.8) is 0 Å². The Morgan fingerprint density at radius 1 is 1.38 bits per heavy atom. The standard InChI is InChI=1S/C14H22N2O4S/c1-5-21(18,19)9-10(2)15-12-6-7-13(16-11(3)17)14(8-12)20-4/h6-8,10,15H,5,9H2,1-4H3,(H,16,17). The molecule has 6 nitrogen and oxygen atoms in total. The number of benzene rings is 1. The second kappa shape index (κ2) is 7.31. The van der Waals surface area contributed by atoms with E-state index in [2.05, 4.69) is 10.6 Å². The van der Waals surface area contributed by atoms with E-state index in [9.17, 15) is 13.2 Å². The predicted molar refractivity (Wildman–Crippen MR) is 84.7 cm³/mol. The van der Waals surface area contributed by atoms with Gasteiger partial charge in [0.05, 0.1) is 18.6 Å². The molecule has 0 heterocycles. The minimum atomic E-state index is -3.03. The highest BCUT2D eigenvalue weighted by Crippen LogP contribution is 2.28. The molecule has 1 amide bonds. The lowest BCUT2D eigenvalue weighted by Gasteiger charge is -2.17. The first-order valence-electron chi connectivity index (χ1n) is 6.70. The van der Waals surface area contributed by atoms with Crippen LogP contribution in [0.4, 0.5) is 11.4 Å². The molecule has 2 N–H and O–H groups in total. The van der Waals surface area contributed by atoms with E-state index < -0.39 is 9.84 Å². The Bertz CT molecular complexity index is 599. The van der Waals surface area contributed by atoms with Gasteiger partial charge < -0.3 is 15.4 Å². The molecule has 0 aliphatic carbocycles. The van der Waals surface area contributed by atoms with Gasteiger partial charge in [-0.05, 0) is 19.1 Å². The van der Waals surface area contributed by atoms with Crippen LogP contribution in [-0.2, 0) is 14.6 Å². The van der Waals surface area contributed by atoms with Crippen molar-refractivity contribution in [2.24, 2.45) is 0 Å². The van der Waals surface area contributed by atoms with Gasteiger partial charge in [0.25, 0.3) is 0 Å². The van der Waals surface area contributed by atoms with E-state index in [-0.39, 0.29) is 23.5 Å². The SMILES string of the molecule is CCS(=O)(=O)CC(C)Nc1ccc(NC(C)=O)c(OC)c1. The summed E-state index contributed by atoms with van der Waals surface area (Å²) in [6, 6.07) is 4.98. The normalized spacial score (nSPS) is 12.6. The third kappa shape index (κ3) is 5.63. The predicted octanol–water partition coefficient (Wildman–Crippen LogP) is 1.89. The number of sulfone groups is 1. The Labute approximate surface area is 125 Å². The van der Waals surface area contributed by atoms with Crippen LogP contribution in [0.25, 0.3) is 0 Å². The van der Waals surface area contributed by atoms with E-state index in [1.807, 2.05) is 0 Å². The Morgan fingerprint density at radius 2 is 2.05 bits per heavy atom. The van der Waals surface area contributed by atoms with E-state index in [4.69, 9.17) is 4.74 Å². The molecule has 0 saturated carbocycles. The molecule has 0 aromatic heterocycles. The maximum atomic E-state index is 11.6. The third-order valence-corrected chi connectivity index (χ3v) is 4.76. The van der Waals surface area contributed by atoms with Gasteiger partial charge in [-0.25, -0.2) is 8.42 Å². The number of hydrogen-bond acceptors (Lipinski definition) is 5. The fraction of sp³-hybridized carbons (Fsp3) is 0.500. The van der Waals surface area contributed by atoms with Gasteiger partial charge in [0.2, 0.25) is 5.91 Å². The summed E-state index contributed by atoms with van der Waals surface area (Å²) in [5, 5.41) is 5.78. The van der Waals surface area contributed by atoms with Crippen molar-refractivity contribution in [1.82, 2.24) is 0 Å². The summed E-state index contributed by atoms with van der Waals surface area (Å²) in [6.45, 7) is 4.86. The van der Waals surface area contributed by atoms with Crippen molar-refractivity contribution in [1.29, 1.82) is 0 Å². The van der Waals surface area contributed by atoms with Gasteiger partial charge in [0.15, 0.2) is 9.84 Å². The first-order chi connectivity index (χ1) is 9.77. The minimum absolute atomic E-state index is 0.0687. The molecule has 0 spiro atoms. The zero-order chi connectivity index (χ0) is 16.0. The molecule has 118 valence electrons. The van der Waals surface area contributed by atoms with Gasteiger partial charge in [-0.2, -0.15) is 0 Å². The monoisotopic (exact) mass is 314 g/mol. The molecule has 21 heavy (non-hydrogen) atoms. The first kappa shape index (κ1) is 17.3. The average molecular weight is 314 g/mol. The summed E-state index contributed by atoms with van der Waals surface area (Å²) in [6.07, 6.45) is 0. The lowest BCUT2D eigenvalue weighted by molar-refractivity contribution is -0.114. The zero-order valence-corrected chi connectivity index (χ0v) is 13.6. The number of methoxy groups -OCH3 is 1. The third-order valence-electron chi connectivity index (χ3n) is 2.87. The lowest BCUT2D eigenvalue weighted by atomic mass is 10.2. The topological polar surface area (TPSA) is 84.5 Å². The highest BCUT2D eigenvalue weighted by molar-refractivity contribution is 7.91. The smallest absolute Gasteiger partial charge is 0.221 e. The van der Waals surface area contributed by atoms with Crippen molar-refractivity contribution in [2.75, 3.05) is 29.2 Å². The van der Waals surface area contributed by atoms with Crippen LogP contribution in [0.1, 0.15) is 20.8 Å². The number of amides is 1. The number of carbonyl (C=O) groups is 1. The van der Waals surface area contributed by atoms with Gasteiger partial charge in [-0.1, -0.05) is 6.92 Å². The van der Waals surface area contributed by atoms with Crippen LogP contribution >= 0.6 is 0 Å². The molecule has 7 heteroatoms. The quantitative estimate of drug-likeness (QED) is 0.803. The molecule has 0 aliphatic rings. The van der Waals surface area contributed by atoms with Gasteiger partial charge >= 0.3 is 0 Å². The maximum absolute atomic E-state index is 11.6. The molecule has 0 aliphatic heterocycles. The molecular weight excluding hydrogens is 292 g/mol. The van der Waals surface area contributed by atoms with Crippen molar-refractivity contribution in [2.45, 2.75) is 26.8 Å². The van der Waals surface area contributed by atoms with E-state index in [1.54, 1.807) is 32.0 Å². The zero-order valence-electron chi connectivity index (χ0n) is 12.8. The van der Waals surface area contributed by atoms with E-state index in [1.165, 1.54) is 14.0 Å². The molecule has 1 aromatic rings. The van der Waals surface area contributed by atoms with E-state index in [0.29, 0.717) is 11.4 Å². The Balaban J connectivity index is 2.83. The van der Waals surface area contributed by atoms with Crippen molar-refractivity contribution < 1.29 is 17.9 Å². The summed E-state index contributed by atoms with van der Waals surface area (Å²) in [7, 11) is -1.52. The van der Waals surface area contributed by atoms with Crippen LogP contribution in [0.5, 0.6) is 5.75 Å². The van der Waals surface area contributed by atoms with Gasteiger partial charge in [-0.3, -0.25) is 4.79 Å². The summed E-state index contributed by atoms with van der Waals surface area (Å²) in [4.78, 5) is 11.1. The molecule has 0 radical (unpaired) electrons. The van der Waals surface area contributed by atoms with Gasteiger partial charge in [0.1, 0.15) is 5.75 Å². The fourth-order valence-electron chi connectivity index (χ4n) is 1.90.